The van der Waals surface area contributed by atoms with Gasteiger partial charge in [0, 0.05) is 5.92 Å². The summed E-state index contributed by atoms with van der Waals surface area (Å²) < 4.78 is 11.1. The normalized spacial score (nSPS) is 14.5. The Hall–Kier alpha value is -3.15. The molecule has 29 heavy (non-hydrogen) atoms. The second-order valence-electron chi connectivity index (χ2n) is 6.96. The van der Waals surface area contributed by atoms with Gasteiger partial charge in [-0.05, 0) is 55.7 Å². The summed E-state index contributed by atoms with van der Waals surface area (Å²) >= 11 is 0. The van der Waals surface area contributed by atoms with Gasteiger partial charge in [0.25, 0.3) is 0 Å². The van der Waals surface area contributed by atoms with Gasteiger partial charge in [0.1, 0.15) is 0 Å². The maximum atomic E-state index is 12.3. The number of hydrazone groups is 1. The first-order chi connectivity index (χ1) is 14.2. The highest BCUT2D eigenvalue weighted by Gasteiger charge is 2.20. The van der Waals surface area contributed by atoms with Crippen LogP contribution in [0.4, 0.5) is 0 Å². The van der Waals surface area contributed by atoms with Crippen LogP contribution in [0.15, 0.2) is 53.6 Å². The highest BCUT2D eigenvalue weighted by molar-refractivity contribution is 5.91. The molecule has 1 aliphatic rings. The van der Waals surface area contributed by atoms with Crippen molar-refractivity contribution < 1.29 is 19.1 Å². The van der Waals surface area contributed by atoms with E-state index in [4.69, 9.17) is 9.47 Å². The van der Waals surface area contributed by atoms with Crippen molar-refractivity contribution in [3.05, 3.63) is 59.7 Å². The van der Waals surface area contributed by atoms with Crippen LogP contribution in [0, 0.1) is 5.92 Å². The van der Waals surface area contributed by atoms with Gasteiger partial charge >= 0.3 is 5.97 Å². The molecule has 1 fully saturated rings. The fraction of sp³-hybridized carbons (Fsp3) is 0.348. The van der Waals surface area contributed by atoms with Crippen LogP contribution in [-0.2, 0) is 4.79 Å². The highest BCUT2D eigenvalue weighted by atomic mass is 16.6. The third kappa shape index (κ3) is 5.91. The second-order valence-corrected chi connectivity index (χ2v) is 6.96. The van der Waals surface area contributed by atoms with E-state index in [-0.39, 0.29) is 11.8 Å². The van der Waals surface area contributed by atoms with Gasteiger partial charge in [-0.15, -0.1) is 0 Å². The largest absolute Gasteiger partial charge is 0.490 e. The number of carbonyl (C=O) groups excluding carboxylic acids is 2. The van der Waals surface area contributed by atoms with Gasteiger partial charge in [0.15, 0.2) is 11.5 Å². The zero-order valence-electron chi connectivity index (χ0n) is 16.6. The molecule has 0 atom stereocenters. The fourth-order valence-corrected chi connectivity index (χ4v) is 3.32. The highest BCUT2D eigenvalue weighted by Crippen LogP contribution is 2.29. The van der Waals surface area contributed by atoms with Crippen LogP contribution in [0.25, 0.3) is 0 Å². The molecule has 0 spiro atoms. The van der Waals surface area contributed by atoms with Crippen molar-refractivity contribution in [2.75, 3.05) is 6.61 Å². The van der Waals surface area contributed by atoms with Gasteiger partial charge in [-0.1, -0.05) is 37.5 Å². The summed E-state index contributed by atoms with van der Waals surface area (Å²) in [7, 11) is 0. The van der Waals surface area contributed by atoms with E-state index in [2.05, 4.69) is 10.5 Å². The predicted octanol–water partition coefficient (Wildman–Crippen LogP) is 4.33. The van der Waals surface area contributed by atoms with Crippen LogP contribution in [-0.4, -0.2) is 24.7 Å². The molecule has 0 saturated heterocycles. The van der Waals surface area contributed by atoms with Crippen LogP contribution in [0.2, 0.25) is 0 Å². The van der Waals surface area contributed by atoms with Crippen molar-refractivity contribution in [3.63, 3.8) is 0 Å². The number of rotatable bonds is 7. The van der Waals surface area contributed by atoms with Crippen LogP contribution in [0.3, 0.4) is 0 Å². The molecule has 0 bridgehead atoms. The number of amides is 1. The standard InChI is InChI=1S/C23H26N2O4/c1-2-28-21-15-17(16-24-25-22(26)18-9-5-3-6-10-18)13-14-20(21)29-23(27)19-11-7-4-8-12-19/h4,7-8,11-16,18H,2-3,5-6,9-10H2,1H3,(H,25,26). The molecule has 6 nitrogen and oxygen atoms in total. The number of carbonyl (C=O) groups is 2. The van der Waals surface area contributed by atoms with Gasteiger partial charge in [-0.25, -0.2) is 10.2 Å². The molecule has 6 heteroatoms. The summed E-state index contributed by atoms with van der Waals surface area (Å²) in [5, 5.41) is 4.07. The zero-order valence-corrected chi connectivity index (χ0v) is 16.6. The first kappa shape index (κ1) is 20.6. The first-order valence-corrected chi connectivity index (χ1v) is 10.0. The number of nitrogens with one attached hydrogen (secondary N) is 1. The lowest BCUT2D eigenvalue weighted by Crippen LogP contribution is -2.28. The molecule has 1 aliphatic carbocycles. The number of esters is 1. The maximum absolute atomic E-state index is 12.3. The van der Waals surface area contributed by atoms with Gasteiger partial charge in [-0.3, -0.25) is 4.79 Å². The van der Waals surface area contributed by atoms with Crippen molar-refractivity contribution >= 4 is 18.1 Å². The smallest absolute Gasteiger partial charge is 0.343 e. The van der Waals surface area contributed by atoms with E-state index in [1.54, 1.807) is 48.7 Å². The number of benzene rings is 2. The van der Waals surface area contributed by atoms with Gasteiger partial charge in [-0.2, -0.15) is 5.10 Å². The van der Waals surface area contributed by atoms with Crippen molar-refractivity contribution in [2.45, 2.75) is 39.0 Å². The zero-order chi connectivity index (χ0) is 20.5. The van der Waals surface area contributed by atoms with Crippen LogP contribution < -0.4 is 14.9 Å². The topological polar surface area (TPSA) is 77.0 Å². The van der Waals surface area contributed by atoms with E-state index in [0.717, 1.165) is 31.2 Å². The maximum Gasteiger partial charge on any atom is 0.343 e. The Morgan fingerprint density at radius 2 is 1.83 bits per heavy atom. The fourth-order valence-electron chi connectivity index (χ4n) is 3.32. The van der Waals surface area contributed by atoms with Crippen molar-refractivity contribution in [1.82, 2.24) is 5.43 Å². The minimum absolute atomic E-state index is 0.0283. The molecule has 0 heterocycles. The number of nitrogens with zero attached hydrogens (tertiary/aromatic N) is 1. The molecule has 1 amide bonds. The molecule has 1 saturated carbocycles. The summed E-state index contributed by atoms with van der Waals surface area (Å²) in [5.74, 6) is 0.357. The van der Waals surface area contributed by atoms with Gasteiger partial charge in [0.05, 0.1) is 18.4 Å². The Morgan fingerprint density at radius 3 is 2.55 bits per heavy atom. The summed E-state index contributed by atoms with van der Waals surface area (Å²) in [6.45, 7) is 2.28. The Morgan fingerprint density at radius 1 is 1.07 bits per heavy atom. The number of hydrogen-bond acceptors (Lipinski definition) is 5. The predicted molar refractivity (Wildman–Crippen MR) is 111 cm³/mol. The lowest BCUT2D eigenvalue weighted by molar-refractivity contribution is -0.125. The van der Waals surface area contributed by atoms with E-state index in [1.165, 1.54) is 6.42 Å². The molecule has 152 valence electrons. The summed E-state index contributed by atoms with van der Waals surface area (Å²) in [6, 6.07) is 13.9. The van der Waals surface area contributed by atoms with E-state index in [0.29, 0.717) is 23.7 Å². The van der Waals surface area contributed by atoms with Crippen molar-refractivity contribution in [2.24, 2.45) is 11.0 Å². The molecule has 0 aliphatic heterocycles. The quantitative estimate of drug-likeness (QED) is 0.328. The van der Waals surface area contributed by atoms with E-state index >= 15 is 0 Å². The minimum Gasteiger partial charge on any atom is -0.490 e. The van der Waals surface area contributed by atoms with Crippen molar-refractivity contribution in [1.29, 1.82) is 0 Å². The molecule has 0 aromatic heterocycles. The minimum atomic E-state index is -0.451. The average Bonchev–Trinajstić information content (AvgIpc) is 2.76. The van der Waals surface area contributed by atoms with Crippen LogP contribution in [0.5, 0.6) is 11.5 Å². The number of hydrogen-bond donors (Lipinski definition) is 1. The van der Waals surface area contributed by atoms with Crippen LogP contribution >= 0.6 is 0 Å². The Labute approximate surface area is 170 Å². The van der Waals surface area contributed by atoms with Gasteiger partial charge < -0.3 is 9.47 Å². The monoisotopic (exact) mass is 394 g/mol. The molecule has 0 radical (unpaired) electrons. The van der Waals surface area contributed by atoms with E-state index in [1.807, 2.05) is 13.0 Å². The molecular weight excluding hydrogens is 368 g/mol. The Bertz CT molecular complexity index is 858. The average molecular weight is 394 g/mol. The molecule has 2 aromatic carbocycles. The van der Waals surface area contributed by atoms with Gasteiger partial charge in [0.2, 0.25) is 5.91 Å². The summed E-state index contributed by atoms with van der Waals surface area (Å²) in [4.78, 5) is 24.5. The molecule has 1 N–H and O–H groups in total. The molecule has 3 rings (SSSR count). The SMILES string of the molecule is CCOc1cc(C=NNC(=O)C2CCCCC2)ccc1OC(=O)c1ccccc1. The molecule has 2 aromatic rings. The summed E-state index contributed by atoms with van der Waals surface area (Å²) in [6.07, 6.45) is 6.82. The third-order valence-electron chi connectivity index (χ3n) is 4.84. The molecular formula is C23H26N2O4. The molecule has 0 unspecified atom stereocenters. The lowest BCUT2D eigenvalue weighted by Gasteiger charge is -2.19. The van der Waals surface area contributed by atoms with E-state index < -0.39 is 5.97 Å². The first-order valence-electron chi connectivity index (χ1n) is 10.0. The van der Waals surface area contributed by atoms with E-state index in [9.17, 15) is 9.59 Å². The van der Waals surface area contributed by atoms with Crippen molar-refractivity contribution in [3.8, 4) is 11.5 Å². The van der Waals surface area contributed by atoms with Crippen LogP contribution in [0.1, 0.15) is 54.9 Å². The number of ether oxygens (including phenoxy) is 2. The summed E-state index contributed by atoms with van der Waals surface area (Å²) in [5.41, 5.74) is 3.82. The second kappa shape index (κ2) is 10.4. The Balaban J connectivity index is 1.65. The lowest BCUT2D eigenvalue weighted by atomic mass is 9.89. The third-order valence-corrected chi connectivity index (χ3v) is 4.84. The Kier molecular flexibility index (Phi) is 7.39.